The molecule has 0 spiro atoms. The minimum Gasteiger partial charge on any atom is -0.443 e. The standard InChI is InChI=1S/C12H10N2OS/c1-2-10(16-5-1)7-13-9-3-4-12-11(6-9)14-8-15-12/h1-6,8,13H,7H2. The molecule has 3 nitrogen and oxygen atoms in total. The zero-order valence-corrected chi connectivity index (χ0v) is 9.33. The molecule has 16 heavy (non-hydrogen) atoms. The minimum absolute atomic E-state index is 0.821. The summed E-state index contributed by atoms with van der Waals surface area (Å²) in [5.74, 6) is 0. The van der Waals surface area contributed by atoms with Gasteiger partial charge in [-0.2, -0.15) is 0 Å². The molecule has 0 amide bonds. The van der Waals surface area contributed by atoms with E-state index < -0.39 is 0 Å². The third kappa shape index (κ3) is 1.79. The van der Waals surface area contributed by atoms with Gasteiger partial charge in [0.2, 0.25) is 0 Å². The first-order chi connectivity index (χ1) is 7.92. The molecule has 1 aromatic carbocycles. The molecule has 0 aliphatic rings. The molecule has 0 aliphatic heterocycles. The fourth-order valence-corrected chi connectivity index (χ4v) is 2.21. The molecule has 2 aromatic heterocycles. The summed E-state index contributed by atoms with van der Waals surface area (Å²) in [5.41, 5.74) is 2.77. The first-order valence-electron chi connectivity index (χ1n) is 5.01. The first kappa shape index (κ1) is 9.42. The van der Waals surface area contributed by atoms with Crippen molar-refractivity contribution in [3.8, 4) is 0 Å². The van der Waals surface area contributed by atoms with Gasteiger partial charge in [-0.25, -0.2) is 4.98 Å². The highest BCUT2D eigenvalue weighted by molar-refractivity contribution is 7.09. The van der Waals surface area contributed by atoms with Gasteiger partial charge in [0.15, 0.2) is 12.0 Å². The van der Waals surface area contributed by atoms with Crippen LogP contribution in [0.25, 0.3) is 11.1 Å². The molecule has 0 atom stereocenters. The maximum absolute atomic E-state index is 5.19. The van der Waals surface area contributed by atoms with E-state index in [4.69, 9.17) is 4.42 Å². The number of nitrogens with zero attached hydrogens (tertiary/aromatic N) is 1. The van der Waals surface area contributed by atoms with Crippen LogP contribution in [0.2, 0.25) is 0 Å². The van der Waals surface area contributed by atoms with Crippen LogP contribution < -0.4 is 5.32 Å². The van der Waals surface area contributed by atoms with Crippen LogP contribution in [0.5, 0.6) is 0 Å². The smallest absolute Gasteiger partial charge is 0.181 e. The molecule has 3 rings (SSSR count). The molecule has 0 unspecified atom stereocenters. The normalized spacial score (nSPS) is 10.8. The van der Waals surface area contributed by atoms with Crippen LogP contribution in [0.1, 0.15) is 4.88 Å². The lowest BCUT2D eigenvalue weighted by Gasteiger charge is -2.03. The Bertz CT molecular complexity index is 586. The average molecular weight is 230 g/mol. The van der Waals surface area contributed by atoms with E-state index in [1.54, 1.807) is 11.3 Å². The maximum atomic E-state index is 5.19. The van der Waals surface area contributed by atoms with Gasteiger partial charge < -0.3 is 9.73 Å². The lowest BCUT2D eigenvalue weighted by Crippen LogP contribution is -1.96. The Labute approximate surface area is 96.7 Å². The van der Waals surface area contributed by atoms with E-state index >= 15 is 0 Å². The number of hydrogen-bond donors (Lipinski definition) is 1. The van der Waals surface area contributed by atoms with Gasteiger partial charge in [0.05, 0.1) is 0 Å². The summed E-state index contributed by atoms with van der Waals surface area (Å²) in [6, 6.07) is 10.1. The van der Waals surface area contributed by atoms with Gasteiger partial charge in [0.25, 0.3) is 0 Å². The van der Waals surface area contributed by atoms with Crippen LogP contribution in [-0.2, 0) is 6.54 Å². The Morgan fingerprint density at radius 2 is 2.31 bits per heavy atom. The maximum Gasteiger partial charge on any atom is 0.181 e. The zero-order chi connectivity index (χ0) is 10.8. The van der Waals surface area contributed by atoms with Gasteiger partial charge in [-0.05, 0) is 29.6 Å². The lowest BCUT2D eigenvalue weighted by atomic mass is 10.3. The second-order valence-electron chi connectivity index (χ2n) is 3.47. The van der Waals surface area contributed by atoms with Gasteiger partial charge in [-0.3, -0.25) is 0 Å². The molecule has 2 heterocycles. The summed E-state index contributed by atoms with van der Waals surface area (Å²) < 4.78 is 5.19. The van der Waals surface area contributed by atoms with Crippen LogP contribution in [0.4, 0.5) is 5.69 Å². The summed E-state index contributed by atoms with van der Waals surface area (Å²) >= 11 is 1.75. The number of nitrogens with one attached hydrogen (secondary N) is 1. The van der Waals surface area contributed by atoms with Crippen molar-refractivity contribution in [3.63, 3.8) is 0 Å². The van der Waals surface area contributed by atoms with E-state index in [0.29, 0.717) is 0 Å². The average Bonchev–Trinajstić information content (AvgIpc) is 2.97. The molecular weight excluding hydrogens is 220 g/mol. The number of hydrogen-bond acceptors (Lipinski definition) is 4. The van der Waals surface area contributed by atoms with Gasteiger partial charge >= 0.3 is 0 Å². The van der Waals surface area contributed by atoms with Crippen LogP contribution in [0.3, 0.4) is 0 Å². The molecule has 0 aliphatic carbocycles. The topological polar surface area (TPSA) is 38.1 Å². The Morgan fingerprint density at radius 3 is 3.19 bits per heavy atom. The summed E-state index contributed by atoms with van der Waals surface area (Å²) in [7, 11) is 0. The Hall–Kier alpha value is -1.81. The predicted octanol–water partition coefficient (Wildman–Crippen LogP) is 3.50. The van der Waals surface area contributed by atoms with Gasteiger partial charge in [-0.15, -0.1) is 11.3 Å². The summed E-state index contributed by atoms with van der Waals surface area (Å²) in [5, 5.41) is 5.44. The number of anilines is 1. The summed E-state index contributed by atoms with van der Waals surface area (Å²) in [4.78, 5) is 5.44. The van der Waals surface area contributed by atoms with Gasteiger partial charge in [0.1, 0.15) is 5.52 Å². The van der Waals surface area contributed by atoms with Crippen LogP contribution in [0.15, 0.2) is 46.5 Å². The Morgan fingerprint density at radius 1 is 1.31 bits per heavy atom. The fraction of sp³-hybridized carbons (Fsp3) is 0.0833. The van der Waals surface area contributed by atoms with E-state index in [-0.39, 0.29) is 0 Å². The number of benzene rings is 1. The first-order valence-corrected chi connectivity index (χ1v) is 5.89. The largest absolute Gasteiger partial charge is 0.443 e. The highest BCUT2D eigenvalue weighted by Gasteiger charge is 2.00. The van der Waals surface area contributed by atoms with E-state index in [1.807, 2.05) is 18.2 Å². The van der Waals surface area contributed by atoms with Crippen molar-refractivity contribution >= 4 is 28.1 Å². The highest BCUT2D eigenvalue weighted by atomic mass is 32.1. The predicted molar refractivity (Wildman–Crippen MR) is 65.7 cm³/mol. The third-order valence-corrected chi connectivity index (χ3v) is 3.25. The molecular formula is C12H10N2OS. The molecule has 80 valence electrons. The van der Waals surface area contributed by atoms with Crippen molar-refractivity contribution in [2.75, 3.05) is 5.32 Å². The van der Waals surface area contributed by atoms with Crippen LogP contribution in [-0.4, -0.2) is 4.98 Å². The quantitative estimate of drug-likeness (QED) is 0.748. The molecule has 0 bridgehead atoms. The van der Waals surface area contributed by atoms with Crippen molar-refractivity contribution < 1.29 is 4.42 Å². The molecule has 0 fully saturated rings. The number of rotatable bonds is 3. The van der Waals surface area contributed by atoms with Crippen LogP contribution in [0, 0.1) is 0 Å². The number of thiophene rings is 1. The van der Waals surface area contributed by atoms with Crippen molar-refractivity contribution in [1.29, 1.82) is 0 Å². The second kappa shape index (κ2) is 3.98. The van der Waals surface area contributed by atoms with Crippen molar-refractivity contribution in [2.24, 2.45) is 0 Å². The SMILES string of the molecule is c1csc(CNc2ccc3ocnc3c2)c1. The lowest BCUT2D eigenvalue weighted by molar-refractivity contribution is 0.602. The number of fused-ring (bicyclic) bond motifs is 1. The van der Waals surface area contributed by atoms with Crippen molar-refractivity contribution in [3.05, 3.63) is 47.0 Å². The fourth-order valence-electron chi connectivity index (χ4n) is 1.57. The summed E-state index contributed by atoms with van der Waals surface area (Å²) in [6.07, 6.45) is 1.47. The zero-order valence-electron chi connectivity index (χ0n) is 8.51. The summed E-state index contributed by atoms with van der Waals surface area (Å²) in [6.45, 7) is 0.848. The van der Waals surface area contributed by atoms with Crippen molar-refractivity contribution in [1.82, 2.24) is 4.98 Å². The highest BCUT2D eigenvalue weighted by Crippen LogP contribution is 2.19. The molecule has 0 radical (unpaired) electrons. The van der Waals surface area contributed by atoms with Crippen LogP contribution >= 0.6 is 11.3 Å². The minimum atomic E-state index is 0.821. The monoisotopic (exact) mass is 230 g/mol. The van der Waals surface area contributed by atoms with Crippen molar-refractivity contribution in [2.45, 2.75) is 6.54 Å². The molecule has 1 N–H and O–H groups in total. The van der Waals surface area contributed by atoms with E-state index in [0.717, 1.165) is 23.3 Å². The Kier molecular flexibility index (Phi) is 2.34. The molecule has 0 saturated carbocycles. The molecule has 4 heteroatoms. The number of oxazole rings is 1. The number of aromatic nitrogens is 1. The molecule has 0 saturated heterocycles. The van der Waals surface area contributed by atoms with E-state index in [1.165, 1.54) is 11.3 Å². The Balaban J connectivity index is 1.78. The van der Waals surface area contributed by atoms with Gasteiger partial charge in [-0.1, -0.05) is 6.07 Å². The third-order valence-electron chi connectivity index (χ3n) is 2.38. The van der Waals surface area contributed by atoms with E-state index in [2.05, 4.69) is 27.8 Å². The second-order valence-corrected chi connectivity index (χ2v) is 4.50. The van der Waals surface area contributed by atoms with E-state index in [9.17, 15) is 0 Å². The van der Waals surface area contributed by atoms with Gasteiger partial charge in [0, 0.05) is 17.1 Å². The molecule has 3 aromatic rings.